The Morgan fingerprint density at radius 3 is 2.50 bits per heavy atom. The second-order valence-corrected chi connectivity index (χ2v) is 4.21. The molecule has 0 amide bonds. The highest BCUT2D eigenvalue weighted by Gasteiger charge is 2.12. The third-order valence-corrected chi connectivity index (χ3v) is 2.89. The lowest BCUT2D eigenvalue weighted by molar-refractivity contribution is 0.810. The minimum Gasteiger partial charge on any atom is -0.355 e. The standard InChI is InChI=1S/C12H18ClN/c1-5-14(11(4)13)12-8-6-7-9(2)10(12)3/h6-8,11H,5H2,1-4H3. The van der Waals surface area contributed by atoms with Crippen LogP contribution < -0.4 is 4.90 Å². The van der Waals surface area contributed by atoms with Crippen molar-refractivity contribution in [2.75, 3.05) is 11.4 Å². The van der Waals surface area contributed by atoms with Gasteiger partial charge >= 0.3 is 0 Å². The van der Waals surface area contributed by atoms with Crippen molar-refractivity contribution in [2.45, 2.75) is 33.2 Å². The zero-order valence-electron chi connectivity index (χ0n) is 9.34. The zero-order chi connectivity index (χ0) is 10.7. The van der Waals surface area contributed by atoms with Crippen molar-refractivity contribution in [2.24, 2.45) is 0 Å². The van der Waals surface area contributed by atoms with Gasteiger partial charge in [0.25, 0.3) is 0 Å². The second kappa shape index (κ2) is 4.70. The Hall–Kier alpha value is -0.690. The summed E-state index contributed by atoms with van der Waals surface area (Å²) < 4.78 is 0. The molecule has 0 aliphatic rings. The molecule has 1 rings (SSSR count). The summed E-state index contributed by atoms with van der Waals surface area (Å²) in [5.41, 5.74) is 3.93. The first-order valence-electron chi connectivity index (χ1n) is 5.04. The molecule has 14 heavy (non-hydrogen) atoms. The fourth-order valence-corrected chi connectivity index (χ4v) is 1.90. The van der Waals surface area contributed by atoms with E-state index in [-0.39, 0.29) is 5.50 Å². The summed E-state index contributed by atoms with van der Waals surface area (Å²) >= 11 is 6.13. The lowest BCUT2D eigenvalue weighted by Gasteiger charge is -2.28. The number of alkyl halides is 1. The SMILES string of the molecule is CCN(c1cccc(C)c1C)C(C)Cl. The van der Waals surface area contributed by atoms with E-state index in [2.05, 4.69) is 43.9 Å². The molecule has 1 nitrogen and oxygen atoms in total. The number of rotatable bonds is 3. The monoisotopic (exact) mass is 211 g/mol. The van der Waals surface area contributed by atoms with Crippen LogP contribution >= 0.6 is 11.6 Å². The molecular weight excluding hydrogens is 194 g/mol. The molecule has 0 heterocycles. The molecular formula is C12H18ClN. The van der Waals surface area contributed by atoms with Crippen LogP contribution in [0.3, 0.4) is 0 Å². The quantitative estimate of drug-likeness (QED) is 0.544. The Balaban J connectivity index is 3.10. The molecule has 0 aliphatic heterocycles. The molecule has 1 atom stereocenters. The fourth-order valence-electron chi connectivity index (χ4n) is 1.66. The number of aryl methyl sites for hydroxylation is 1. The van der Waals surface area contributed by atoms with Crippen LogP contribution in [0.4, 0.5) is 5.69 Å². The van der Waals surface area contributed by atoms with Crippen molar-refractivity contribution in [3.05, 3.63) is 29.3 Å². The minimum absolute atomic E-state index is 0.0421. The van der Waals surface area contributed by atoms with E-state index >= 15 is 0 Å². The number of halogens is 1. The number of anilines is 1. The van der Waals surface area contributed by atoms with Gasteiger partial charge in [0.1, 0.15) is 5.50 Å². The van der Waals surface area contributed by atoms with Crippen molar-refractivity contribution in [3.8, 4) is 0 Å². The minimum atomic E-state index is 0.0421. The summed E-state index contributed by atoms with van der Waals surface area (Å²) in [5, 5.41) is 0. The van der Waals surface area contributed by atoms with Gasteiger partial charge in [-0.3, -0.25) is 0 Å². The van der Waals surface area contributed by atoms with Crippen molar-refractivity contribution < 1.29 is 0 Å². The predicted molar refractivity (Wildman–Crippen MR) is 64.3 cm³/mol. The average molecular weight is 212 g/mol. The van der Waals surface area contributed by atoms with Crippen molar-refractivity contribution in [3.63, 3.8) is 0 Å². The van der Waals surface area contributed by atoms with E-state index in [1.54, 1.807) is 0 Å². The van der Waals surface area contributed by atoms with Crippen LogP contribution in [0.2, 0.25) is 0 Å². The molecule has 2 heteroatoms. The second-order valence-electron chi connectivity index (χ2n) is 3.58. The third kappa shape index (κ3) is 2.21. The van der Waals surface area contributed by atoms with Gasteiger partial charge in [-0.15, -0.1) is 0 Å². The van der Waals surface area contributed by atoms with Crippen LogP contribution in [-0.2, 0) is 0 Å². The van der Waals surface area contributed by atoms with E-state index in [9.17, 15) is 0 Å². The van der Waals surface area contributed by atoms with Gasteiger partial charge in [-0.25, -0.2) is 0 Å². The van der Waals surface area contributed by atoms with Crippen LogP contribution in [0.1, 0.15) is 25.0 Å². The summed E-state index contributed by atoms with van der Waals surface area (Å²) in [6, 6.07) is 6.34. The first kappa shape index (κ1) is 11.4. The third-order valence-electron chi connectivity index (χ3n) is 2.66. The van der Waals surface area contributed by atoms with Gasteiger partial charge < -0.3 is 4.90 Å². The van der Waals surface area contributed by atoms with Crippen LogP contribution in [-0.4, -0.2) is 12.0 Å². The molecule has 0 saturated heterocycles. The van der Waals surface area contributed by atoms with Gasteiger partial charge in [0.05, 0.1) is 0 Å². The summed E-state index contributed by atoms with van der Waals surface area (Å²) in [5.74, 6) is 0. The summed E-state index contributed by atoms with van der Waals surface area (Å²) in [7, 11) is 0. The number of nitrogens with zero attached hydrogens (tertiary/aromatic N) is 1. The Labute approximate surface area is 91.7 Å². The van der Waals surface area contributed by atoms with E-state index in [0.717, 1.165) is 6.54 Å². The molecule has 1 aromatic rings. The first-order valence-corrected chi connectivity index (χ1v) is 5.48. The first-order chi connectivity index (χ1) is 6.57. The van der Waals surface area contributed by atoms with Gasteiger partial charge in [0.2, 0.25) is 0 Å². The number of hydrogen-bond donors (Lipinski definition) is 0. The maximum Gasteiger partial charge on any atom is 0.101 e. The van der Waals surface area contributed by atoms with Gasteiger partial charge in [0.15, 0.2) is 0 Å². The zero-order valence-corrected chi connectivity index (χ0v) is 10.1. The largest absolute Gasteiger partial charge is 0.355 e. The van der Waals surface area contributed by atoms with E-state index in [1.807, 2.05) is 6.92 Å². The molecule has 0 saturated carbocycles. The Morgan fingerprint density at radius 2 is 2.00 bits per heavy atom. The molecule has 0 aromatic heterocycles. The van der Waals surface area contributed by atoms with Crippen LogP contribution in [0, 0.1) is 13.8 Å². The van der Waals surface area contributed by atoms with E-state index in [1.165, 1.54) is 16.8 Å². The van der Waals surface area contributed by atoms with Gasteiger partial charge in [0, 0.05) is 12.2 Å². The maximum absolute atomic E-state index is 6.13. The van der Waals surface area contributed by atoms with Crippen molar-refractivity contribution >= 4 is 17.3 Å². The number of benzene rings is 1. The maximum atomic E-state index is 6.13. The predicted octanol–water partition coefficient (Wildman–Crippen LogP) is 3.71. The van der Waals surface area contributed by atoms with Crippen LogP contribution in [0.5, 0.6) is 0 Å². The highest BCUT2D eigenvalue weighted by atomic mass is 35.5. The highest BCUT2D eigenvalue weighted by Crippen LogP contribution is 2.25. The highest BCUT2D eigenvalue weighted by molar-refractivity contribution is 6.21. The lowest BCUT2D eigenvalue weighted by atomic mass is 10.1. The Kier molecular flexibility index (Phi) is 3.82. The fraction of sp³-hybridized carbons (Fsp3) is 0.500. The summed E-state index contributed by atoms with van der Waals surface area (Å²) in [4.78, 5) is 2.20. The summed E-state index contributed by atoms with van der Waals surface area (Å²) in [6.45, 7) is 9.35. The van der Waals surface area contributed by atoms with E-state index < -0.39 is 0 Å². The van der Waals surface area contributed by atoms with Crippen LogP contribution in [0.25, 0.3) is 0 Å². The normalized spacial score (nSPS) is 12.6. The average Bonchev–Trinajstić information content (AvgIpc) is 2.13. The van der Waals surface area contributed by atoms with E-state index in [4.69, 9.17) is 11.6 Å². The molecule has 0 N–H and O–H groups in total. The Morgan fingerprint density at radius 1 is 1.36 bits per heavy atom. The molecule has 0 spiro atoms. The molecule has 0 radical (unpaired) electrons. The number of hydrogen-bond acceptors (Lipinski definition) is 1. The topological polar surface area (TPSA) is 3.24 Å². The molecule has 0 fully saturated rings. The summed E-state index contributed by atoms with van der Waals surface area (Å²) in [6.07, 6.45) is 0. The molecule has 0 bridgehead atoms. The molecule has 0 aliphatic carbocycles. The lowest BCUT2D eigenvalue weighted by Crippen LogP contribution is -2.29. The van der Waals surface area contributed by atoms with Crippen molar-refractivity contribution in [1.82, 2.24) is 0 Å². The van der Waals surface area contributed by atoms with Gasteiger partial charge in [-0.05, 0) is 44.9 Å². The molecule has 1 unspecified atom stereocenters. The van der Waals surface area contributed by atoms with Crippen molar-refractivity contribution in [1.29, 1.82) is 0 Å². The van der Waals surface area contributed by atoms with Gasteiger partial charge in [-0.2, -0.15) is 0 Å². The van der Waals surface area contributed by atoms with Crippen LogP contribution in [0.15, 0.2) is 18.2 Å². The Bertz CT molecular complexity index is 307. The van der Waals surface area contributed by atoms with Gasteiger partial charge in [-0.1, -0.05) is 23.7 Å². The molecule has 78 valence electrons. The van der Waals surface area contributed by atoms with E-state index in [0.29, 0.717) is 0 Å². The molecule has 1 aromatic carbocycles. The smallest absolute Gasteiger partial charge is 0.101 e.